The summed E-state index contributed by atoms with van der Waals surface area (Å²) in [5.41, 5.74) is 0.936. The van der Waals surface area contributed by atoms with Crippen LogP contribution < -0.4 is 0 Å². The van der Waals surface area contributed by atoms with Gasteiger partial charge in [-0.05, 0) is 41.1 Å². The Kier molecular flexibility index (Phi) is 2.59. The van der Waals surface area contributed by atoms with Gasteiger partial charge in [-0.15, -0.1) is 0 Å². The zero-order valence-corrected chi connectivity index (χ0v) is 7.72. The zero-order valence-electron chi connectivity index (χ0n) is 5.56. The van der Waals surface area contributed by atoms with Crippen LogP contribution in [0.5, 0.6) is 0 Å². The number of hydrogen-bond donors (Lipinski definition) is 0. The predicted octanol–water partition coefficient (Wildman–Crippen LogP) is 2.39. The molecule has 10 heavy (non-hydrogen) atoms. The molecule has 0 radical (unpaired) electrons. The van der Waals surface area contributed by atoms with Gasteiger partial charge < -0.3 is 0 Å². The van der Waals surface area contributed by atoms with E-state index in [0.29, 0.717) is 3.70 Å². The monoisotopic (exact) mass is 251 g/mol. The van der Waals surface area contributed by atoms with Crippen LogP contribution >= 0.6 is 22.6 Å². The Hall–Kier alpha value is -0.190. The second-order valence-corrected chi connectivity index (χ2v) is 2.95. The summed E-state index contributed by atoms with van der Waals surface area (Å²) >= 11 is 1.89. The SMILES string of the molecule is CCc1ccc(F)c(I)n1. The second kappa shape index (κ2) is 3.27. The largest absolute Gasteiger partial charge is 0.244 e. The topological polar surface area (TPSA) is 12.9 Å². The maximum Gasteiger partial charge on any atom is 0.155 e. The fourth-order valence-electron chi connectivity index (χ4n) is 0.652. The van der Waals surface area contributed by atoms with E-state index in [4.69, 9.17) is 0 Å². The summed E-state index contributed by atoms with van der Waals surface area (Å²) in [5.74, 6) is -0.238. The van der Waals surface area contributed by atoms with Crippen LogP contribution in [0.25, 0.3) is 0 Å². The highest BCUT2D eigenvalue weighted by Gasteiger charge is 1.98. The fourth-order valence-corrected chi connectivity index (χ4v) is 1.14. The molecule has 0 saturated heterocycles. The van der Waals surface area contributed by atoms with Crippen LogP contribution in [-0.2, 0) is 6.42 Å². The van der Waals surface area contributed by atoms with E-state index in [1.807, 2.05) is 29.5 Å². The average Bonchev–Trinajstić information content (AvgIpc) is 1.95. The number of halogens is 2. The van der Waals surface area contributed by atoms with E-state index in [9.17, 15) is 4.39 Å². The average molecular weight is 251 g/mol. The molecular formula is C7H7FIN. The normalized spacial score (nSPS) is 9.90. The van der Waals surface area contributed by atoms with E-state index in [2.05, 4.69) is 4.98 Å². The maximum absolute atomic E-state index is 12.6. The summed E-state index contributed by atoms with van der Waals surface area (Å²) in [7, 11) is 0. The molecule has 0 fully saturated rings. The minimum atomic E-state index is -0.238. The highest BCUT2D eigenvalue weighted by molar-refractivity contribution is 14.1. The lowest BCUT2D eigenvalue weighted by molar-refractivity contribution is 0.609. The minimum absolute atomic E-state index is 0.238. The lowest BCUT2D eigenvalue weighted by Gasteiger charge is -1.96. The number of pyridine rings is 1. The summed E-state index contributed by atoms with van der Waals surface area (Å²) in [6.07, 6.45) is 0.857. The van der Waals surface area contributed by atoms with E-state index in [1.54, 1.807) is 6.07 Å². The summed E-state index contributed by atoms with van der Waals surface area (Å²) in [4.78, 5) is 4.00. The van der Waals surface area contributed by atoms with Gasteiger partial charge in [0.2, 0.25) is 0 Å². The highest BCUT2D eigenvalue weighted by atomic mass is 127. The quantitative estimate of drug-likeness (QED) is 0.551. The van der Waals surface area contributed by atoms with Crippen molar-refractivity contribution in [2.24, 2.45) is 0 Å². The van der Waals surface area contributed by atoms with Gasteiger partial charge in [0, 0.05) is 5.69 Å². The van der Waals surface area contributed by atoms with Gasteiger partial charge in [-0.3, -0.25) is 0 Å². The third-order valence-electron chi connectivity index (χ3n) is 1.22. The zero-order chi connectivity index (χ0) is 7.56. The molecule has 0 aliphatic rings. The van der Waals surface area contributed by atoms with Crippen LogP contribution in [0.2, 0.25) is 0 Å². The van der Waals surface area contributed by atoms with Crippen molar-refractivity contribution in [2.45, 2.75) is 13.3 Å². The third-order valence-corrected chi connectivity index (χ3v) is 1.98. The van der Waals surface area contributed by atoms with E-state index in [1.165, 1.54) is 6.07 Å². The van der Waals surface area contributed by atoms with E-state index >= 15 is 0 Å². The van der Waals surface area contributed by atoms with Crippen LogP contribution in [0.15, 0.2) is 12.1 Å². The van der Waals surface area contributed by atoms with Gasteiger partial charge in [-0.25, -0.2) is 9.37 Å². The molecule has 0 unspecified atom stereocenters. The van der Waals surface area contributed by atoms with E-state index < -0.39 is 0 Å². The number of aromatic nitrogens is 1. The summed E-state index contributed by atoms with van der Waals surface area (Å²) in [5, 5.41) is 0. The molecule has 1 nitrogen and oxygen atoms in total. The first-order valence-corrected chi connectivity index (χ1v) is 4.13. The predicted molar refractivity (Wildman–Crippen MR) is 46.3 cm³/mol. The molecule has 0 amide bonds. The first-order chi connectivity index (χ1) is 4.74. The first-order valence-electron chi connectivity index (χ1n) is 3.05. The Bertz CT molecular complexity index is 237. The lowest BCUT2D eigenvalue weighted by atomic mass is 10.3. The van der Waals surface area contributed by atoms with Gasteiger partial charge in [0.15, 0.2) is 5.82 Å². The van der Waals surface area contributed by atoms with Crippen LogP contribution in [0, 0.1) is 9.52 Å². The molecule has 1 rings (SSSR count). The Morgan fingerprint density at radius 1 is 1.60 bits per heavy atom. The van der Waals surface area contributed by atoms with Crippen molar-refractivity contribution in [1.29, 1.82) is 0 Å². The van der Waals surface area contributed by atoms with Crippen LogP contribution in [-0.4, -0.2) is 4.98 Å². The molecule has 0 aliphatic carbocycles. The second-order valence-electron chi connectivity index (χ2n) is 1.93. The number of nitrogens with zero attached hydrogens (tertiary/aromatic N) is 1. The van der Waals surface area contributed by atoms with Crippen molar-refractivity contribution in [3.8, 4) is 0 Å². The summed E-state index contributed by atoms with van der Waals surface area (Å²) in [6.45, 7) is 2.00. The van der Waals surface area contributed by atoms with Gasteiger partial charge in [0.25, 0.3) is 0 Å². The minimum Gasteiger partial charge on any atom is -0.244 e. The smallest absolute Gasteiger partial charge is 0.155 e. The summed E-state index contributed by atoms with van der Waals surface area (Å²) in [6, 6.07) is 3.16. The van der Waals surface area contributed by atoms with Crippen molar-refractivity contribution >= 4 is 22.6 Å². The Morgan fingerprint density at radius 3 is 2.80 bits per heavy atom. The van der Waals surface area contributed by atoms with Crippen molar-refractivity contribution in [3.05, 3.63) is 27.3 Å². The van der Waals surface area contributed by atoms with E-state index in [0.717, 1.165) is 12.1 Å². The standard InChI is InChI=1S/C7H7FIN/c1-2-5-3-4-6(8)7(9)10-5/h3-4H,2H2,1H3. The molecule has 3 heteroatoms. The van der Waals surface area contributed by atoms with E-state index in [-0.39, 0.29) is 5.82 Å². The highest BCUT2D eigenvalue weighted by Crippen LogP contribution is 2.08. The third kappa shape index (κ3) is 1.65. The molecule has 0 atom stereocenters. The molecule has 1 heterocycles. The molecule has 1 aromatic heterocycles. The molecule has 0 aromatic carbocycles. The fraction of sp³-hybridized carbons (Fsp3) is 0.286. The number of hydrogen-bond acceptors (Lipinski definition) is 1. The molecule has 0 N–H and O–H groups in total. The van der Waals surface area contributed by atoms with Crippen molar-refractivity contribution < 1.29 is 4.39 Å². The molecule has 54 valence electrons. The molecule has 0 spiro atoms. The van der Waals surface area contributed by atoms with Gasteiger partial charge in [-0.1, -0.05) is 6.92 Å². The first kappa shape index (κ1) is 7.91. The molecule has 0 bridgehead atoms. The lowest BCUT2D eigenvalue weighted by Crippen LogP contribution is -1.92. The van der Waals surface area contributed by atoms with Crippen LogP contribution in [0.3, 0.4) is 0 Å². The molecule has 1 aromatic rings. The van der Waals surface area contributed by atoms with Gasteiger partial charge >= 0.3 is 0 Å². The summed E-state index contributed by atoms with van der Waals surface area (Å²) < 4.78 is 13.0. The Labute approximate surface area is 72.8 Å². The van der Waals surface area contributed by atoms with Gasteiger partial charge in [-0.2, -0.15) is 0 Å². The molecule has 0 saturated carbocycles. The van der Waals surface area contributed by atoms with Crippen LogP contribution in [0.1, 0.15) is 12.6 Å². The van der Waals surface area contributed by atoms with Crippen molar-refractivity contribution in [2.75, 3.05) is 0 Å². The maximum atomic E-state index is 12.6. The number of aryl methyl sites for hydroxylation is 1. The van der Waals surface area contributed by atoms with Crippen LogP contribution in [0.4, 0.5) is 4.39 Å². The van der Waals surface area contributed by atoms with Crippen molar-refractivity contribution in [3.63, 3.8) is 0 Å². The molecular weight excluding hydrogens is 244 g/mol. The Morgan fingerprint density at radius 2 is 2.30 bits per heavy atom. The molecule has 0 aliphatic heterocycles. The Balaban J connectivity index is 3.04. The number of rotatable bonds is 1. The van der Waals surface area contributed by atoms with Crippen molar-refractivity contribution in [1.82, 2.24) is 4.98 Å². The van der Waals surface area contributed by atoms with Gasteiger partial charge in [0.1, 0.15) is 3.70 Å². The van der Waals surface area contributed by atoms with Gasteiger partial charge in [0.05, 0.1) is 0 Å².